The second kappa shape index (κ2) is 6.57. The van der Waals surface area contributed by atoms with E-state index in [1.165, 1.54) is 0 Å². The molecule has 7 nitrogen and oxygen atoms in total. The van der Waals surface area contributed by atoms with Gasteiger partial charge in [0.25, 0.3) is 0 Å². The van der Waals surface area contributed by atoms with Crippen molar-refractivity contribution < 1.29 is 19.5 Å². The fourth-order valence-electron chi connectivity index (χ4n) is 2.15. The average Bonchev–Trinajstić information content (AvgIpc) is 2.90. The number of carboxylic acids is 1. The Bertz CT molecular complexity index is 532. The van der Waals surface area contributed by atoms with Crippen molar-refractivity contribution in [2.45, 2.75) is 25.4 Å². The van der Waals surface area contributed by atoms with E-state index in [2.05, 4.69) is 10.6 Å². The van der Waals surface area contributed by atoms with E-state index in [-0.39, 0.29) is 25.0 Å². The van der Waals surface area contributed by atoms with E-state index in [1.54, 1.807) is 11.3 Å². The Balaban J connectivity index is 1.96. The van der Waals surface area contributed by atoms with Gasteiger partial charge in [-0.2, -0.15) is 0 Å². The van der Waals surface area contributed by atoms with Crippen LogP contribution in [0.1, 0.15) is 11.8 Å². The zero-order chi connectivity index (χ0) is 15.4. The third kappa shape index (κ3) is 3.94. The lowest BCUT2D eigenvalue weighted by Crippen LogP contribution is -2.62. The molecule has 1 fully saturated rings. The summed E-state index contributed by atoms with van der Waals surface area (Å²) in [6.45, 7) is 1.53. The van der Waals surface area contributed by atoms with Crippen molar-refractivity contribution in [1.82, 2.24) is 15.5 Å². The number of carbonyl (C=O) groups excluding carboxylic acids is 2. The molecule has 0 saturated carbocycles. The largest absolute Gasteiger partial charge is 0.480 e. The molecule has 1 aromatic rings. The van der Waals surface area contributed by atoms with Crippen molar-refractivity contribution in [3.05, 3.63) is 22.4 Å². The molecule has 3 N–H and O–H groups in total. The highest BCUT2D eigenvalue weighted by atomic mass is 32.1. The Morgan fingerprint density at radius 2 is 2.38 bits per heavy atom. The molecule has 1 aliphatic heterocycles. The summed E-state index contributed by atoms with van der Waals surface area (Å²) in [7, 11) is 0. The van der Waals surface area contributed by atoms with Crippen molar-refractivity contribution in [3.8, 4) is 0 Å². The topological polar surface area (TPSA) is 98.7 Å². The number of piperazine rings is 1. The maximum absolute atomic E-state index is 12.2. The van der Waals surface area contributed by atoms with Crippen molar-refractivity contribution >= 4 is 29.2 Å². The predicted octanol–water partition coefficient (Wildman–Crippen LogP) is 0.274. The maximum Gasteiger partial charge on any atom is 0.328 e. The molecular formula is C13H17N3O4S. The molecule has 2 unspecified atom stereocenters. The van der Waals surface area contributed by atoms with Crippen LogP contribution in [0.3, 0.4) is 0 Å². The summed E-state index contributed by atoms with van der Waals surface area (Å²) in [4.78, 5) is 36.9. The highest BCUT2D eigenvalue weighted by Crippen LogP contribution is 2.12. The van der Waals surface area contributed by atoms with Crippen LogP contribution in [-0.2, 0) is 16.0 Å². The van der Waals surface area contributed by atoms with Crippen molar-refractivity contribution in [3.63, 3.8) is 0 Å². The molecular weight excluding hydrogens is 294 g/mol. The van der Waals surface area contributed by atoms with E-state index in [4.69, 9.17) is 5.11 Å². The molecule has 2 atom stereocenters. The Kier molecular flexibility index (Phi) is 4.79. The maximum atomic E-state index is 12.2. The van der Waals surface area contributed by atoms with Crippen molar-refractivity contribution in [2.24, 2.45) is 0 Å². The van der Waals surface area contributed by atoms with Gasteiger partial charge in [-0.1, -0.05) is 6.07 Å². The molecule has 0 bridgehead atoms. The van der Waals surface area contributed by atoms with Gasteiger partial charge < -0.3 is 15.7 Å². The molecule has 1 aromatic heterocycles. The van der Waals surface area contributed by atoms with Gasteiger partial charge in [0.05, 0.1) is 0 Å². The number of nitrogens with zero attached hydrogens (tertiary/aromatic N) is 1. The first-order valence-electron chi connectivity index (χ1n) is 6.56. The van der Waals surface area contributed by atoms with E-state index in [9.17, 15) is 14.4 Å². The number of amides is 3. The van der Waals surface area contributed by atoms with Gasteiger partial charge in [-0.15, -0.1) is 11.3 Å². The number of thiophene rings is 1. The zero-order valence-electron chi connectivity index (χ0n) is 11.5. The number of rotatable bonds is 4. The normalized spacial score (nSPS) is 19.8. The van der Waals surface area contributed by atoms with Gasteiger partial charge in [0, 0.05) is 23.9 Å². The van der Waals surface area contributed by atoms with Gasteiger partial charge in [-0.05, 0) is 18.4 Å². The van der Waals surface area contributed by atoms with Crippen LogP contribution < -0.4 is 10.6 Å². The summed E-state index contributed by atoms with van der Waals surface area (Å²) in [6.07, 6.45) is 0.668. The van der Waals surface area contributed by atoms with Crippen molar-refractivity contribution in [1.29, 1.82) is 0 Å². The number of hydrogen-bond acceptors (Lipinski definition) is 4. The van der Waals surface area contributed by atoms with Crippen LogP contribution in [0.25, 0.3) is 0 Å². The SMILES string of the molecule is CC(Cc1cccs1)NC(=O)N1CC(=O)NCC1C(=O)O. The Labute approximate surface area is 125 Å². The van der Waals surface area contributed by atoms with Gasteiger partial charge in [-0.25, -0.2) is 9.59 Å². The van der Waals surface area contributed by atoms with Crippen LogP contribution in [0.15, 0.2) is 17.5 Å². The van der Waals surface area contributed by atoms with Crippen molar-refractivity contribution in [2.75, 3.05) is 13.1 Å². The fraction of sp³-hybridized carbons (Fsp3) is 0.462. The van der Waals surface area contributed by atoms with E-state index in [0.29, 0.717) is 6.42 Å². The summed E-state index contributed by atoms with van der Waals surface area (Å²) in [6, 6.07) is 2.21. The molecule has 0 aliphatic carbocycles. The second-order valence-corrected chi connectivity index (χ2v) is 5.95. The number of nitrogens with one attached hydrogen (secondary N) is 2. The van der Waals surface area contributed by atoms with Crippen LogP contribution in [0.2, 0.25) is 0 Å². The summed E-state index contributed by atoms with van der Waals surface area (Å²) < 4.78 is 0. The quantitative estimate of drug-likeness (QED) is 0.743. The Morgan fingerprint density at radius 1 is 1.62 bits per heavy atom. The predicted molar refractivity (Wildman–Crippen MR) is 77.2 cm³/mol. The van der Waals surface area contributed by atoms with E-state index in [1.807, 2.05) is 24.4 Å². The lowest BCUT2D eigenvalue weighted by atomic mass is 10.2. The highest BCUT2D eigenvalue weighted by molar-refractivity contribution is 7.09. The summed E-state index contributed by atoms with van der Waals surface area (Å²) in [5, 5.41) is 16.3. The third-order valence-corrected chi connectivity index (χ3v) is 4.08. The van der Waals surface area contributed by atoms with Gasteiger partial charge in [-0.3, -0.25) is 9.69 Å². The van der Waals surface area contributed by atoms with Crippen LogP contribution in [0, 0.1) is 0 Å². The summed E-state index contributed by atoms with van der Waals surface area (Å²) >= 11 is 1.60. The number of carbonyl (C=O) groups is 3. The van der Waals surface area contributed by atoms with Gasteiger partial charge in [0.1, 0.15) is 12.6 Å². The van der Waals surface area contributed by atoms with E-state index >= 15 is 0 Å². The number of urea groups is 1. The van der Waals surface area contributed by atoms with Gasteiger partial charge in [0.2, 0.25) is 5.91 Å². The first-order valence-corrected chi connectivity index (χ1v) is 7.44. The zero-order valence-corrected chi connectivity index (χ0v) is 12.4. The number of aliphatic carboxylic acids is 1. The molecule has 0 radical (unpaired) electrons. The minimum atomic E-state index is -1.13. The lowest BCUT2D eigenvalue weighted by molar-refractivity contribution is -0.144. The first-order chi connectivity index (χ1) is 9.97. The third-order valence-electron chi connectivity index (χ3n) is 3.19. The Hall–Kier alpha value is -2.09. The van der Waals surface area contributed by atoms with E-state index in [0.717, 1.165) is 9.78 Å². The molecule has 1 saturated heterocycles. The molecule has 114 valence electrons. The molecule has 0 spiro atoms. The smallest absolute Gasteiger partial charge is 0.328 e. The van der Waals surface area contributed by atoms with Crippen LogP contribution in [-0.4, -0.2) is 53.1 Å². The summed E-state index contributed by atoms with van der Waals surface area (Å²) in [5.41, 5.74) is 0. The molecule has 0 aromatic carbocycles. The first kappa shape index (κ1) is 15.3. The average molecular weight is 311 g/mol. The minimum absolute atomic E-state index is 0.0686. The molecule has 2 rings (SSSR count). The number of hydrogen-bond donors (Lipinski definition) is 3. The minimum Gasteiger partial charge on any atom is -0.480 e. The Morgan fingerprint density at radius 3 is 3.00 bits per heavy atom. The highest BCUT2D eigenvalue weighted by Gasteiger charge is 2.35. The summed E-state index contributed by atoms with van der Waals surface area (Å²) in [5.74, 6) is -1.48. The molecule has 21 heavy (non-hydrogen) atoms. The van der Waals surface area contributed by atoms with Crippen LogP contribution in [0.4, 0.5) is 4.79 Å². The fourth-order valence-corrected chi connectivity index (χ4v) is 2.99. The molecule has 2 heterocycles. The number of carboxylic acid groups (broad SMARTS) is 1. The van der Waals surface area contributed by atoms with Crippen LogP contribution in [0.5, 0.6) is 0 Å². The molecule has 8 heteroatoms. The van der Waals surface area contributed by atoms with E-state index < -0.39 is 18.0 Å². The lowest BCUT2D eigenvalue weighted by Gasteiger charge is -2.33. The van der Waals surface area contributed by atoms with Gasteiger partial charge >= 0.3 is 12.0 Å². The van der Waals surface area contributed by atoms with Crippen LogP contribution >= 0.6 is 11.3 Å². The monoisotopic (exact) mass is 311 g/mol. The second-order valence-electron chi connectivity index (χ2n) is 4.92. The molecule has 3 amide bonds. The molecule has 1 aliphatic rings. The van der Waals surface area contributed by atoms with Gasteiger partial charge in [0.15, 0.2) is 0 Å². The standard InChI is InChI=1S/C13H17N3O4S/c1-8(5-9-3-2-4-21-9)15-13(20)16-7-11(17)14-6-10(16)12(18)19/h2-4,8,10H,5-7H2,1H3,(H,14,17)(H,15,20)(H,18,19).